The zero-order valence-corrected chi connectivity index (χ0v) is 12.6. The van der Waals surface area contributed by atoms with Gasteiger partial charge in [0.15, 0.2) is 0 Å². The summed E-state index contributed by atoms with van der Waals surface area (Å²) in [6, 6.07) is 6.99. The quantitative estimate of drug-likeness (QED) is 0.913. The molecule has 2 atom stereocenters. The molecule has 1 heterocycles. The standard InChI is InChI=1S/C17H24N2O/c1-4-5-15-17(20)19(13-8-9-13)16(18-15)14-10-11(2)6-7-12(14)3/h6-7,10,13,15-16,18H,4-5,8-9H2,1-3H3. The molecule has 1 amide bonds. The lowest BCUT2D eigenvalue weighted by Crippen LogP contribution is -2.33. The molecule has 20 heavy (non-hydrogen) atoms. The van der Waals surface area contributed by atoms with Crippen molar-refractivity contribution < 1.29 is 4.79 Å². The molecule has 1 aromatic carbocycles. The number of nitrogens with zero attached hydrogens (tertiary/aromatic N) is 1. The summed E-state index contributed by atoms with van der Waals surface area (Å²) in [5, 5.41) is 3.57. The average molecular weight is 272 g/mol. The second-order valence-corrected chi connectivity index (χ2v) is 6.25. The third-order valence-electron chi connectivity index (χ3n) is 4.44. The molecule has 0 aromatic heterocycles. The molecule has 0 bridgehead atoms. The van der Waals surface area contributed by atoms with E-state index in [1.807, 2.05) is 0 Å². The van der Waals surface area contributed by atoms with E-state index in [-0.39, 0.29) is 12.2 Å². The molecule has 2 fully saturated rings. The Morgan fingerprint density at radius 2 is 2.05 bits per heavy atom. The Hall–Kier alpha value is -1.35. The summed E-state index contributed by atoms with van der Waals surface area (Å²) in [5.41, 5.74) is 3.79. The summed E-state index contributed by atoms with van der Waals surface area (Å²) < 4.78 is 0. The highest BCUT2D eigenvalue weighted by Crippen LogP contribution is 2.38. The van der Waals surface area contributed by atoms with Crippen molar-refractivity contribution in [2.45, 2.75) is 64.7 Å². The number of hydrogen-bond donors (Lipinski definition) is 1. The monoisotopic (exact) mass is 272 g/mol. The van der Waals surface area contributed by atoms with Crippen LogP contribution in [0.1, 0.15) is 55.5 Å². The van der Waals surface area contributed by atoms with Gasteiger partial charge in [-0.3, -0.25) is 10.1 Å². The predicted molar refractivity (Wildman–Crippen MR) is 80.4 cm³/mol. The van der Waals surface area contributed by atoms with Gasteiger partial charge in [0.2, 0.25) is 5.91 Å². The van der Waals surface area contributed by atoms with Crippen molar-refractivity contribution in [3.8, 4) is 0 Å². The van der Waals surface area contributed by atoms with E-state index in [0.717, 1.165) is 25.7 Å². The molecule has 1 saturated heterocycles. The molecule has 0 radical (unpaired) electrons. The molecule has 0 spiro atoms. The first kappa shape index (κ1) is 13.6. The van der Waals surface area contributed by atoms with Crippen molar-refractivity contribution in [2.75, 3.05) is 0 Å². The van der Waals surface area contributed by atoms with Gasteiger partial charge in [-0.25, -0.2) is 0 Å². The molecular weight excluding hydrogens is 248 g/mol. The zero-order valence-electron chi connectivity index (χ0n) is 12.6. The van der Waals surface area contributed by atoms with Crippen LogP contribution in [0.25, 0.3) is 0 Å². The van der Waals surface area contributed by atoms with Crippen molar-refractivity contribution in [3.63, 3.8) is 0 Å². The van der Waals surface area contributed by atoms with Crippen molar-refractivity contribution in [1.29, 1.82) is 0 Å². The number of aryl methyl sites for hydroxylation is 2. The first-order valence-corrected chi connectivity index (χ1v) is 7.77. The maximum absolute atomic E-state index is 12.6. The number of nitrogens with one attached hydrogen (secondary N) is 1. The minimum Gasteiger partial charge on any atom is -0.319 e. The van der Waals surface area contributed by atoms with E-state index in [4.69, 9.17) is 0 Å². The van der Waals surface area contributed by atoms with Gasteiger partial charge in [-0.1, -0.05) is 37.1 Å². The highest BCUT2D eigenvalue weighted by atomic mass is 16.2. The number of benzene rings is 1. The molecule has 108 valence electrons. The lowest BCUT2D eigenvalue weighted by Gasteiger charge is -2.26. The first-order chi connectivity index (χ1) is 9.61. The van der Waals surface area contributed by atoms with E-state index in [1.165, 1.54) is 16.7 Å². The van der Waals surface area contributed by atoms with Crippen molar-refractivity contribution >= 4 is 5.91 Å². The Kier molecular flexibility index (Phi) is 3.55. The molecule has 3 nitrogen and oxygen atoms in total. The normalized spacial score (nSPS) is 26.4. The van der Waals surface area contributed by atoms with E-state index in [0.29, 0.717) is 11.9 Å². The van der Waals surface area contributed by atoms with E-state index in [2.05, 4.69) is 49.2 Å². The van der Waals surface area contributed by atoms with E-state index < -0.39 is 0 Å². The third kappa shape index (κ3) is 2.35. The van der Waals surface area contributed by atoms with Crippen LogP contribution in [0.15, 0.2) is 18.2 Å². The van der Waals surface area contributed by atoms with E-state index >= 15 is 0 Å². The lowest BCUT2D eigenvalue weighted by atomic mass is 10.0. The van der Waals surface area contributed by atoms with E-state index in [1.54, 1.807) is 0 Å². The summed E-state index contributed by atoms with van der Waals surface area (Å²) >= 11 is 0. The van der Waals surface area contributed by atoms with Crippen LogP contribution < -0.4 is 5.32 Å². The van der Waals surface area contributed by atoms with Gasteiger partial charge >= 0.3 is 0 Å². The largest absolute Gasteiger partial charge is 0.319 e. The fraction of sp³-hybridized carbons (Fsp3) is 0.588. The maximum Gasteiger partial charge on any atom is 0.241 e. The minimum atomic E-state index is 0.00510. The first-order valence-electron chi connectivity index (χ1n) is 7.77. The summed E-state index contributed by atoms with van der Waals surface area (Å²) in [7, 11) is 0. The highest BCUT2D eigenvalue weighted by molar-refractivity contribution is 5.85. The lowest BCUT2D eigenvalue weighted by molar-refractivity contribution is -0.130. The van der Waals surface area contributed by atoms with Crippen LogP contribution in [-0.4, -0.2) is 22.9 Å². The topological polar surface area (TPSA) is 32.3 Å². The van der Waals surface area contributed by atoms with Crippen LogP contribution in [0, 0.1) is 13.8 Å². The molecule has 2 unspecified atom stereocenters. The van der Waals surface area contributed by atoms with Gasteiger partial charge in [0.1, 0.15) is 6.17 Å². The van der Waals surface area contributed by atoms with Crippen LogP contribution in [-0.2, 0) is 4.79 Å². The van der Waals surface area contributed by atoms with Gasteiger partial charge in [-0.2, -0.15) is 0 Å². The van der Waals surface area contributed by atoms with Gasteiger partial charge in [-0.15, -0.1) is 0 Å². The molecule has 2 aliphatic rings. The van der Waals surface area contributed by atoms with Gasteiger partial charge in [-0.05, 0) is 44.2 Å². The summed E-state index contributed by atoms with van der Waals surface area (Å²) in [4.78, 5) is 14.7. The fourth-order valence-corrected chi connectivity index (χ4v) is 3.18. The Labute approximate surface area is 121 Å². The van der Waals surface area contributed by atoms with E-state index in [9.17, 15) is 4.79 Å². The zero-order chi connectivity index (χ0) is 14.3. The van der Waals surface area contributed by atoms with Crippen LogP contribution in [0.4, 0.5) is 0 Å². The number of amides is 1. The number of carbonyl (C=O) groups is 1. The number of rotatable bonds is 4. The van der Waals surface area contributed by atoms with Crippen LogP contribution in [0.2, 0.25) is 0 Å². The number of hydrogen-bond acceptors (Lipinski definition) is 2. The van der Waals surface area contributed by atoms with Crippen LogP contribution in [0.3, 0.4) is 0 Å². The Morgan fingerprint density at radius 3 is 2.70 bits per heavy atom. The Bertz CT molecular complexity index is 522. The Balaban J connectivity index is 1.94. The second kappa shape index (κ2) is 5.21. The summed E-state index contributed by atoms with van der Waals surface area (Å²) in [5.74, 6) is 0.306. The molecule has 1 N–H and O–H groups in total. The minimum absolute atomic E-state index is 0.00510. The summed E-state index contributed by atoms with van der Waals surface area (Å²) in [6.45, 7) is 6.39. The fourth-order valence-electron chi connectivity index (χ4n) is 3.18. The molecule has 3 heteroatoms. The van der Waals surface area contributed by atoms with Crippen LogP contribution in [0.5, 0.6) is 0 Å². The number of carbonyl (C=O) groups excluding carboxylic acids is 1. The Morgan fingerprint density at radius 1 is 1.30 bits per heavy atom. The molecule has 1 aromatic rings. The second-order valence-electron chi connectivity index (χ2n) is 6.25. The molecule has 1 saturated carbocycles. The molecular formula is C17H24N2O. The van der Waals surface area contributed by atoms with Crippen molar-refractivity contribution in [2.24, 2.45) is 0 Å². The predicted octanol–water partition coefficient (Wildman–Crippen LogP) is 3.06. The van der Waals surface area contributed by atoms with Crippen molar-refractivity contribution in [1.82, 2.24) is 10.2 Å². The smallest absolute Gasteiger partial charge is 0.241 e. The maximum atomic E-state index is 12.6. The highest BCUT2D eigenvalue weighted by Gasteiger charge is 2.46. The van der Waals surface area contributed by atoms with Gasteiger partial charge < -0.3 is 4.90 Å². The summed E-state index contributed by atoms with van der Waals surface area (Å²) in [6.07, 6.45) is 4.37. The SMILES string of the molecule is CCCC1NC(c2cc(C)ccc2C)N(C2CC2)C1=O. The van der Waals surface area contributed by atoms with Crippen molar-refractivity contribution in [3.05, 3.63) is 34.9 Å². The third-order valence-corrected chi connectivity index (χ3v) is 4.44. The van der Waals surface area contributed by atoms with Gasteiger partial charge in [0.25, 0.3) is 0 Å². The molecule has 1 aliphatic heterocycles. The molecule has 3 rings (SSSR count). The van der Waals surface area contributed by atoms with Gasteiger partial charge in [0.05, 0.1) is 6.04 Å². The van der Waals surface area contributed by atoms with Gasteiger partial charge in [0, 0.05) is 6.04 Å². The average Bonchev–Trinajstić information content (AvgIpc) is 3.20. The van der Waals surface area contributed by atoms with Crippen LogP contribution >= 0.6 is 0 Å². The molecule has 1 aliphatic carbocycles.